The molecule has 0 saturated heterocycles. The van der Waals surface area contributed by atoms with Gasteiger partial charge in [0.2, 0.25) is 0 Å². The number of hydrogen-bond donors (Lipinski definition) is 1. The Labute approximate surface area is 168 Å². The standard InChI is InChI=1S/C22H22N2O5/c1-27-18-6-4-5-15(11-18)13-24-14-16(7-10-21(24)25)22(26)23-17-8-9-19(28-2)20(12-17)29-3/h4-12,14H,13H2,1-3H3,(H,23,26). The normalized spacial score (nSPS) is 10.3. The smallest absolute Gasteiger partial charge is 0.257 e. The third-order valence-electron chi connectivity index (χ3n) is 4.37. The van der Waals surface area contributed by atoms with Crippen molar-refractivity contribution in [3.63, 3.8) is 0 Å². The molecule has 0 aliphatic heterocycles. The Morgan fingerprint density at radius 1 is 0.931 bits per heavy atom. The van der Waals surface area contributed by atoms with Gasteiger partial charge in [-0.2, -0.15) is 0 Å². The highest BCUT2D eigenvalue weighted by atomic mass is 16.5. The molecule has 0 atom stereocenters. The number of aromatic nitrogens is 1. The highest BCUT2D eigenvalue weighted by Crippen LogP contribution is 2.29. The van der Waals surface area contributed by atoms with E-state index in [9.17, 15) is 9.59 Å². The van der Waals surface area contributed by atoms with Gasteiger partial charge >= 0.3 is 0 Å². The molecule has 0 aliphatic carbocycles. The predicted octanol–water partition coefficient (Wildman–Crippen LogP) is 3.17. The van der Waals surface area contributed by atoms with Gasteiger partial charge in [0.15, 0.2) is 11.5 Å². The first-order valence-corrected chi connectivity index (χ1v) is 8.91. The predicted molar refractivity (Wildman–Crippen MR) is 110 cm³/mol. The van der Waals surface area contributed by atoms with Gasteiger partial charge in [0.1, 0.15) is 5.75 Å². The molecule has 150 valence electrons. The fourth-order valence-electron chi connectivity index (χ4n) is 2.87. The summed E-state index contributed by atoms with van der Waals surface area (Å²) in [7, 11) is 4.66. The van der Waals surface area contributed by atoms with Gasteiger partial charge in [-0.1, -0.05) is 12.1 Å². The number of nitrogens with zero attached hydrogens (tertiary/aromatic N) is 1. The van der Waals surface area contributed by atoms with E-state index in [0.29, 0.717) is 35.0 Å². The van der Waals surface area contributed by atoms with Crippen molar-refractivity contribution < 1.29 is 19.0 Å². The van der Waals surface area contributed by atoms with Crippen molar-refractivity contribution >= 4 is 11.6 Å². The summed E-state index contributed by atoms with van der Waals surface area (Å²) >= 11 is 0. The zero-order chi connectivity index (χ0) is 20.8. The average molecular weight is 394 g/mol. The summed E-state index contributed by atoms with van der Waals surface area (Å²) in [5.74, 6) is 1.44. The van der Waals surface area contributed by atoms with E-state index >= 15 is 0 Å². The van der Waals surface area contributed by atoms with Crippen LogP contribution in [0.2, 0.25) is 0 Å². The number of amides is 1. The summed E-state index contributed by atoms with van der Waals surface area (Å²) < 4.78 is 17.2. The lowest BCUT2D eigenvalue weighted by Gasteiger charge is -2.12. The number of methoxy groups -OCH3 is 3. The summed E-state index contributed by atoms with van der Waals surface area (Å²) in [6.45, 7) is 0.327. The molecule has 1 aromatic heterocycles. The molecule has 0 unspecified atom stereocenters. The minimum Gasteiger partial charge on any atom is -0.497 e. The van der Waals surface area contributed by atoms with Gasteiger partial charge in [-0.05, 0) is 35.9 Å². The van der Waals surface area contributed by atoms with Gasteiger partial charge in [0.25, 0.3) is 11.5 Å². The molecule has 3 aromatic rings. The second-order valence-electron chi connectivity index (χ2n) is 6.26. The summed E-state index contributed by atoms with van der Waals surface area (Å²) in [4.78, 5) is 24.9. The van der Waals surface area contributed by atoms with Crippen molar-refractivity contribution in [3.8, 4) is 17.2 Å². The Morgan fingerprint density at radius 2 is 1.72 bits per heavy atom. The monoisotopic (exact) mass is 394 g/mol. The SMILES string of the molecule is COc1cccc(Cn2cc(C(=O)Nc3ccc(OC)c(OC)c3)ccc2=O)c1. The van der Waals surface area contributed by atoms with Crippen molar-refractivity contribution in [2.24, 2.45) is 0 Å². The largest absolute Gasteiger partial charge is 0.497 e. The van der Waals surface area contributed by atoms with Gasteiger partial charge in [-0.25, -0.2) is 0 Å². The number of ether oxygens (including phenoxy) is 3. The molecule has 1 N–H and O–H groups in total. The molecule has 3 rings (SSSR count). The molecule has 2 aromatic carbocycles. The zero-order valence-electron chi connectivity index (χ0n) is 16.5. The quantitative estimate of drug-likeness (QED) is 0.666. The van der Waals surface area contributed by atoms with Gasteiger partial charge in [-0.15, -0.1) is 0 Å². The third-order valence-corrected chi connectivity index (χ3v) is 4.37. The van der Waals surface area contributed by atoms with Crippen molar-refractivity contribution in [3.05, 3.63) is 82.3 Å². The lowest BCUT2D eigenvalue weighted by Crippen LogP contribution is -2.22. The maximum absolute atomic E-state index is 12.7. The van der Waals surface area contributed by atoms with Gasteiger partial charge < -0.3 is 24.1 Å². The molecule has 0 bridgehead atoms. The Bertz CT molecular complexity index is 1070. The van der Waals surface area contributed by atoms with E-state index in [1.54, 1.807) is 32.4 Å². The van der Waals surface area contributed by atoms with E-state index in [-0.39, 0.29) is 11.5 Å². The Balaban J connectivity index is 1.81. The molecule has 1 amide bonds. The molecule has 0 saturated carbocycles. The lowest BCUT2D eigenvalue weighted by atomic mass is 10.2. The fraction of sp³-hybridized carbons (Fsp3) is 0.182. The number of rotatable bonds is 7. The topological polar surface area (TPSA) is 78.8 Å². The van der Waals surface area contributed by atoms with Crippen LogP contribution >= 0.6 is 0 Å². The van der Waals surface area contributed by atoms with E-state index in [1.165, 1.54) is 30.0 Å². The highest BCUT2D eigenvalue weighted by Gasteiger charge is 2.11. The molecular formula is C22H22N2O5. The van der Waals surface area contributed by atoms with Crippen LogP contribution in [-0.4, -0.2) is 31.8 Å². The van der Waals surface area contributed by atoms with E-state index in [0.717, 1.165) is 5.56 Å². The highest BCUT2D eigenvalue weighted by molar-refractivity contribution is 6.04. The Kier molecular flexibility index (Phi) is 6.19. The molecular weight excluding hydrogens is 372 g/mol. The van der Waals surface area contributed by atoms with Crippen molar-refractivity contribution in [1.29, 1.82) is 0 Å². The van der Waals surface area contributed by atoms with Crippen LogP contribution in [0.3, 0.4) is 0 Å². The number of nitrogens with one attached hydrogen (secondary N) is 1. The minimum atomic E-state index is -0.336. The van der Waals surface area contributed by atoms with Crippen LogP contribution in [0.4, 0.5) is 5.69 Å². The van der Waals surface area contributed by atoms with Crippen LogP contribution < -0.4 is 25.1 Å². The lowest BCUT2D eigenvalue weighted by molar-refractivity contribution is 0.102. The van der Waals surface area contributed by atoms with Gasteiger partial charge in [0, 0.05) is 24.0 Å². The van der Waals surface area contributed by atoms with E-state index in [1.807, 2.05) is 24.3 Å². The first-order valence-electron chi connectivity index (χ1n) is 8.91. The van der Waals surface area contributed by atoms with E-state index in [2.05, 4.69) is 5.32 Å². The first-order chi connectivity index (χ1) is 14.0. The van der Waals surface area contributed by atoms with Crippen molar-refractivity contribution in [2.45, 2.75) is 6.54 Å². The van der Waals surface area contributed by atoms with Crippen molar-refractivity contribution in [2.75, 3.05) is 26.6 Å². The third kappa shape index (κ3) is 4.76. The van der Waals surface area contributed by atoms with Crippen LogP contribution in [0.1, 0.15) is 15.9 Å². The molecule has 29 heavy (non-hydrogen) atoms. The second-order valence-corrected chi connectivity index (χ2v) is 6.26. The maximum Gasteiger partial charge on any atom is 0.257 e. The van der Waals surface area contributed by atoms with Crippen LogP contribution in [0, 0.1) is 0 Å². The maximum atomic E-state index is 12.7. The number of pyridine rings is 1. The summed E-state index contributed by atoms with van der Waals surface area (Å²) in [6.07, 6.45) is 1.54. The fourth-order valence-corrected chi connectivity index (χ4v) is 2.87. The number of hydrogen-bond acceptors (Lipinski definition) is 5. The zero-order valence-corrected chi connectivity index (χ0v) is 16.5. The molecule has 7 nitrogen and oxygen atoms in total. The molecule has 0 spiro atoms. The molecule has 1 heterocycles. The minimum absolute atomic E-state index is 0.199. The van der Waals surface area contributed by atoms with E-state index in [4.69, 9.17) is 14.2 Å². The summed E-state index contributed by atoms with van der Waals surface area (Å²) in [5, 5.41) is 2.80. The average Bonchev–Trinajstić information content (AvgIpc) is 2.75. The molecule has 0 fully saturated rings. The number of carbonyl (C=O) groups is 1. The molecule has 0 aliphatic rings. The summed E-state index contributed by atoms with van der Waals surface area (Å²) in [6, 6.07) is 15.4. The number of carbonyl (C=O) groups excluding carboxylic acids is 1. The van der Waals surface area contributed by atoms with E-state index < -0.39 is 0 Å². The van der Waals surface area contributed by atoms with Crippen LogP contribution in [0.15, 0.2) is 65.6 Å². The Morgan fingerprint density at radius 3 is 2.45 bits per heavy atom. The summed E-state index contributed by atoms with van der Waals surface area (Å²) in [5.41, 5.74) is 1.61. The second kappa shape index (κ2) is 8.97. The molecule has 7 heteroatoms. The van der Waals surface area contributed by atoms with Crippen LogP contribution in [0.25, 0.3) is 0 Å². The number of benzene rings is 2. The first kappa shape index (κ1) is 20.0. The molecule has 0 radical (unpaired) electrons. The van der Waals surface area contributed by atoms with Gasteiger partial charge in [0.05, 0.1) is 33.4 Å². The van der Waals surface area contributed by atoms with Crippen LogP contribution in [0.5, 0.6) is 17.2 Å². The number of anilines is 1. The van der Waals surface area contributed by atoms with Crippen molar-refractivity contribution in [1.82, 2.24) is 4.57 Å². The Hall–Kier alpha value is -3.74. The van der Waals surface area contributed by atoms with Gasteiger partial charge in [-0.3, -0.25) is 9.59 Å². The van der Waals surface area contributed by atoms with Crippen LogP contribution in [-0.2, 0) is 6.54 Å².